The molecule has 9 nitrogen and oxygen atoms in total. The van der Waals surface area contributed by atoms with Gasteiger partial charge in [0.05, 0.1) is 6.61 Å². The average molecular weight is 761 g/mol. The summed E-state index contributed by atoms with van der Waals surface area (Å²) in [7, 11) is -4.83. The summed E-state index contributed by atoms with van der Waals surface area (Å²) in [6.07, 6.45) is 45.9. The molecule has 0 aliphatic rings. The molecule has 0 spiro atoms. The molecule has 0 saturated heterocycles. The van der Waals surface area contributed by atoms with E-state index < -0.39 is 39.1 Å². The highest BCUT2D eigenvalue weighted by Gasteiger charge is 2.23. The summed E-state index contributed by atoms with van der Waals surface area (Å²) < 4.78 is 26.1. The molecule has 0 aromatic carbocycles. The molecule has 0 saturated carbocycles. The number of allylic oxidation sites excluding steroid dienone is 14. The van der Waals surface area contributed by atoms with Crippen molar-refractivity contribution >= 4 is 25.5 Å². The van der Waals surface area contributed by atoms with Crippen molar-refractivity contribution in [2.45, 2.75) is 155 Å². The molecule has 0 rings (SSSR count). The van der Waals surface area contributed by atoms with Crippen LogP contribution in [0.5, 0.6) is 0 Å². The number of rotatable bonds is 35. The molecule has 300 valence electrons. The van der Waals surface area contributed by atoms with Crippen molar-refractivity contribution in [1.29, 1.82) is 0 Å². The minimum atomic E-state index is -4.83. The summed E-state index contributed by atoms with van der Waals surface area (Å²) in [5.74, 6) is -1.31. The molecule has 53 heavy (non-hydrogen) atoms. The zero-order valence-electron chi connectivity index (χ0n) is 32.6. The predicted molar refractivity (Wildman–Crippen MR) is 216 cm³/mol. The molecule has 10 heteroatoms. The lowest BCUT2D eigenvalue weighted by atomic mass is 10.1. The van der Waals surface area contributed by atoms with Crippen LogP contribution in [0.3, 0.4) is 0 Å². The van der Waals surface area contributed by atoms with Gasteiger partial charge in [0.1, 0.15) is 6.61 Å². The van der Waals surface area contributed by atoms with Crippen LogP contribution in [0.15, 0.2) is 85.1 Å². The van der Waals surface area contributed by atoms with E-state index >= 15 is 0 Å². The molecule has 0 aromatic heterocycles. The first kappa shape index (κ1) is 49.9. The highest BCUT2D eigenvalue weighted by Crippen LogP contribution is 2.36. The Bertz CT molecular complexity index is 1190. The van der Waals surface area contributed by atoms with E-state index in [2.05, 4.69) is 79.1 Å². The van der Waals surface area contributed by atoms with Crippen LogP contribution in [0.1, 0.15) is 149 Å². The topological polar surface area (TPSA) is 136 Å². The Morgan fingerprint density at radius 2 is 1.04 bits per heavy atom. The monoisotopic (exact) mass is 760 g/mol. The Morgan fingerprint density at radius 3 is 1.58 bits per heavy atom. The molecular formula is C43H69O9P. The molecule has 0 amide bonds. The number of ketones is 1. The Hall–Kier alpha value is -3.10. The normalized spacial score (nSPS) is 13.3. The first-order valence-electron chi connectivity index (χ1n) is 19.8. The number of hydrogen-bond acceptors (Lipinski definition) is 7. The van der Waals surface area contributed by atoms with Crippen molar-refractivity contribution in [3.05, 3.63) is 85.1 Å². The maximum Gasteiger partial charge on any atom is 0.469 e. The first-order valence-corrected chi connectivity index (χ1v) is 21.4. The van der Waals surface area contributed by atoms with Crippen molar-refractivity contribution in [1.82, 2.24) is 0 Å². The van der Waals surface area contributed by atoms with Crippen LogP contribution in [0, 0.1) is 0 Å². The second-order valence-corrected chi connectivity index (χ2v) is 14.2. The van der Waals surface area contributed by atoms with Crippen molar-refractivity contribution in [2.24, 2.45) is 0 Å². The fourth-order valence-corrected chi connectivity index (χ4v) is 5.22. The number of phosphoric ester groups is 1. The summed E-state index contributed by atoms with van der Waals surface area (Å²) in [6.45, 7) is 3.39. The second kappa shape index (κ2) is 37.2. The Kier molecular flexibility index (Phi) is 35.0. The SMILES string of the molecule is CCCCC/C=C\C/C=C\C/C=C\C=C\C(=O)CCCC(=O)O[C@H](COC(=O)CCCCCC/C=C\C/C=C\C/C=C\CCCCC)COP(=O)(O)O. The lowest BCUT2D eigenvalue weighted by Gasteiger charge is -2.18. The largest absolute Gasteiger partial charge is 0.469 e. The summed E-state index contributed by atoms with van der Waals surface area (Å²) in [4.78, 5) is 54.9. The van der Waals surface area contributed by atoms with Gasteiger partial charge < -0.3 is 19.3 Å². The molecule has 1 atom stereocenters. The van der Waals surface area contributed by atoms with Crippen LogP contribution >= 0.6 is 7.82 Å². The van der Waals surface area contributed by atoms with Gasteiger partial charge in [0.2, 0.25) is 0 Å². The van der Waals surface area contributed by atoms with Gasteiger partial charge in [0.15, 0.2) is 11.9 Å². The van der Waals surface area contributed by atoms with E-state index in [0.29, 0.717) is 6.42 Å². The summed E-state index contributed by atoms with van der Waals surface area (Å²) in [5, 5.41) is 0. The third kappa shape index (κ3) is 39.9. The van der Waals surface area contributed by atoms with E-state index in [9.17, 15) is 18.9 Å². The fraction of sp³-hybridized carbons (Fsp3) is 0.605. The van der Waals surface area contributed by atoms with E-state index in [1.165, 1.54) is 44.6 Å². The third-order valence-corrected chi connectivity index (χ3v) is 8.35. The molecule has 0 bridgehead atoms. The van der Waals surface area contributed by atoms with Crippen molar-refractivity contribution in [3.8, 4) is 0 Å². The van der Waals surface area contributed by atoms with Crippen LogP contribution in [0.2, 0.25) is 0 Å². The number of carbonyl (C=O) groups is 3. The van der Waals surface area contributed by atoms with E-state index in [1.54, 1.807) is 12.2 Å². The highest BCUT2D eigenvalue weighted by atomic mass is 31.2. The van der Waals surface area contributed by atoms with Crippen LogP contribution < -0.4 is 0 Å². The van der Waals surface area contributed by atoms with Crippen molar-refractivity contribution in [3.63, 3.8) is 0 Å². The number of esters is 2. The summed E-state index contributed by atoms with van der Waals surface area (Å²) >= 11 is 0. The molecule has 0 aromatic rings. The molecule has 0 fully saturated rings. The maximum atomic E-state index is 12.4. The Balaban J connectivity index is 4.22. The quantitative estimate of drug-likeness (QED) is 0.0161. The third-order valence-electron chi connectivity index (χ3n) is 7.86. The van der Waals surface area contributed by atoms with Gasteiger partial charge in [0.25, 0.3) is 0 Å². The average Bonchev–Trinajstić information content (AvgIpc) is 3.12. The maximum absolute atomic E-state index is 12.4. The summed E-state index contributed by atoms with van der Waals surface area (Å²) in [6, 6.07) is 0. The number of hydrogen-bond donors (Lipinski definition) is 2. The molecule has 0 heterocycles. The van der Waals surface area contributed by atoms with E-state index in [1.807, 2.05) is 6.08 Å². The van der Waals surface area contributed by atoms with Gasteiger partial charge in [-0.3, -0.25) is 18.9 Å². The van der Waals surface area contributed by atoms with Gasteiger partial charge in [0, 0.05) is 19.3 Å². The van der Waals surface area contributed by atoms with Gasteiger partial charge in [-0.2, -0.15) is 0 Å². The zero-order chi connectivity index (χ0) is 39.1. The second-order valence-electron chi connectivity index (χ2n) is 12.9. The number of unbranched alkanes of at least 4 members (excludes halogenated alkanes) is 10. The van der Waals surface area contributed by atoms with Crippen LogP contribution in [-0.4, -0.2) is 46.8 Å². The highest BCUT2D eigenvalue weighted by molar-refractivity contribution is 7.46. The van der Waals surface area contributed by atoms with Crippen molar-refractivity contribution in [2.75, 3.05) is 13.2 Å². The predicted octanol–water partition coefficient (Wildman–Crippen LogP) is 11.2. The van der Waals surface area contributed by atoms with Crippen LogP contribution in [-0.2, 0) is 32.9 Å². The fourth-order valence-electron chi connectivity index (χ4n) is 4.86. The van der Waals surface area contributed by atoms with Gasteiger partial charge in [-0.25, -0.2) is 4.57 Å². The van der Waals surface area contributed by atoms with E-state index in [4.69, 9.17) is 19.3 Å². The molecular weight excluding hydrogens is 691 g/mol. The lowest BCUT2D eigenvalue weighted by molar-refractivity contribution is -0.161. The van der Waals surface area contributed by atoms with Crippen LogP contribution in [0.4, 0.5) is 0 Å². The van der Waals surface area contributed by atoms with Gasteiger partial charge in [-0.05, 0) is 83.1 Å². The van der Waals surface area contributed by atoms with Gasteiger partial charge in [-0.1, -0.05) is 131 Å². The number of carbonyl (C=O) groups excluding carboxylic acids is 3. The molecule has 0 radical (unpaired) electrons. The Morgan fingerprint density at radius 1 is 0.547 bits per heavy atom. The summed E-state index contributed by atoms with van der Waals surface area (Å²) in [5.41, 5.74) is 0. The number of ether oxygens (including phenoxy) is 2. The molecule has 0 aliphatic carbocycles. The molecule has 2 N–H and O–H groups in total. The molecule has 0 aliphatic heterocycles. The lowest BCUT2D eigenvalue weighted by Crippen LogP contribution is -2.29. The Labute approximate surface area is 320 Å². The minimum Gasteiger partial charge on any atom is -0.462 e. The van der Waals surface area contributed by atoms with Crippen LogP contribution in [0.25, 0.3) is 0 Å². The van der Waals surface area contributed by atoms with Gasteiger partial charge >= 0.3 is 19.8 Å². The first-order chi connectivity index (χ1) is 25.7. The smallest absolute Gasteiger partial charge is 0.462 e. The van der Waals surface area contributed by atoms with Gasteiger partial charge in [-0.15, -0.1) is 0 Å². The standard InChI is InChI=1S/C43H69O9P/c1-3-5-7-9-11-13-15-17-18-19-20-22-24-26-28-30-32-36-42(45)50-38-41(39-51-53(47,48)49)52-43(46)37-33-35-40(44)34-31-29-27-25-23-21-16-14-12-10-8-6-4-2/h11-14,17-18,20-23,27,29,31,34,41H,3-10,15-16,19,24-26,28,30,32-33,35-39H2,1-2H3,(H2,47,48,49)/b13-11-,14-12-,18-17-,22-20-,23-21-,29-27-,34-31+/t41-/m1/s1. The van der Waals surface area contributed by atoms with E-state index in [0.717, 1.165) is 64.2 Å². The van der Waals surface area contributed by atoms with Crippen molar-refractivity contribution < 1.29 is 42.7 Å². The number of phosphoric acid groups is 1. The zero-order valence-corrected chi connectivity index (χ0v) is 33.5. The van der Waals surface area contributed by atoms with E-state index in [-0.39, 0.29) is 31.5 Å². The minimum absolute atomic E-state index is 0.0869. The molecule has 0 unspecified atom stereocenters.